The first-order valence-corrected chi connectivity index (χ1v) is 4.46. The van der Waals surface area contributed by atoms with Crippen molar-refractivity contribution in [3.63, 3.8) is 0 Å². The monoisotopic (exact) mass is 199 g/mol. The molecule has 0 spiro atoms. The normalized spacial score (nSPS) is 9.67. The topological polar surface area (TPSA) is 47.2 Å². The van der Waals surface area contributed by atoms with Gasteiger partial charge in [0, 0.05) is 7.05 Å². The molecule has 0 unspecified atom stereocenters. The van der Waals surface area contributed by atoms with E-state index in [0.717, 1.165) is 11.3 Å². The number of isocyanates is 1. The zero-order valence-electron chi connectivity index (χ0n) is 8.21. The largest absolute Gasteiger partial charge is 0.334 e. The molecule has 0 aliphatic heterocycles. The molecule has 1 aromatic carbocycles. The smallest absolute Gasteiger partial charge is 0.240 e. The van der Waals surface area contributed by atoms with Crippen LogP contribution in [0, 0.1) is 0 Å². The number of aliphatic imine (C=N–C) groups is 1. The van der Waals surface area contributed by atoms with Crippen LogP contribution in [0.2, 0.25) is 0 Å². The number of carbonyl (C=O) groups excluding carboxylic acids is 1. The SMILES string of the molecule is Cn1cncc1-c1ccc(N=C=O)cc1. The van der Waals surface area contributed by atoms with Crippen LogP contribution in [0.5, 0.6) is 0 Å². The number of benzene rings is 1. The Morgan fingerprint density at radius 2 is 2.07 bits per heavy atom. The molecule has 1 aromatic heterocycles. The van der Waals surface area contributed by atoms with Gasteiger partial charge in [-0.15, -0.1) is 0 Å². The number of hydrogen-bond acceptors (Lipinski definition) is 3. The lowest BCUT2D eigenvalue weighted by atomic mass is 10.1. The molecule has 0 amide bonds. The zero-order chi connectivity index (χ0) is 10.7. The van der Waals surface area contributed by atoms with E-state index in [0.29, 0.717) is 5.69 Å². The maximum Gasteiger partial charge on any atom is 0.240 e. The van der Waals surface area contributed by atoms with Gasteiger partial charge in [0.15, 0.2) is 0 Å². The number of aryl methyl sites for hydroxylation is 1. The van der Waals surface area contributed by atoms with Gasteiger partial charge in [0.25, 0.3) is 0 Å². The van der Waals surface area contributed by atoms with Gasteiger partial charge >= 0.3 is 0 Å². The van der Waals surface area contributed by atoms with E-state index in [1.54, 1.807) is 24.7 Å². The van der Waals surface area contributed by atoms with Crippen molar-refractivity contribution in [2.45, 2.75) is 0 Å². The molecule has 2 rings (SSSR count). The molecule has 0 saturated carbocycles. The maximum absolute atomic E-state index is 10.0. The van der Waals surface area contributed by atoms with Crippen molar-refractivity contribution in [2.24, 2.45) is 12.0 Å². The highest BCUT2D eigenvalue weighted by Gasteiger charge is 2.01. The average molecular weight is 199 g/mol. The minimum absolute atomic E-state index is 0.607. The van der Waals surface area contributed by atoms with Crippen molar-refractivity contribution >= 4 is 11.8 Å². The Labute approximate surface area is 86.9 Å². The van der Waals surface area contributed by atoms with Crippen LogP contribution < -0.4 is 0 Å². The first kappa shape index (κ1) is 9.37. The number of nitrogens with zero attached hydrogens (tertiary/aromatic N) is 3. The predicted molar refractivity (Wildman–Crippen MR) is 56.4 cm³/mol. The van der Waals surface area contributed by atoms with Crippen LogP contribution in [-0.2, 0) is 11.8 Å². The predicted octanol–water partition coefficient (Wildman–Crippen LogP) is 2.05. The van der Waals surface area contributed by atoms with Crippen LogP contribution >= 0.6 is 0 Å². The van der Waals surface area contributed by atoms with E-state index in [9.17, 15) is 4.79 Å². The van der Waals surface area contributed by atoms with Gasteiger partial charge in [-0.3, -0.25) is 0 Å². The van der Waals surface area contributed by atoms with Crippen LogP contribution in [-0.4, -0.2) is 15.6 Å². The third kappa shape index (κ3) is 1.85. The molecule has 0 bridgehead atoms. The molecule has 74 valence electrons. The van der Waals surface area contributed by atoms with Crippen LogP contribution in [0.25, 0.3) is 11.3 Å². The van der Waals surface area contributed by atoms with Crippen LogP contribution in [0.1, 0.15) is 0 Å². The second-order valence-corrected chi connectivity index (χ2v) is 3.14. The summed E-state index contributed by atoms with van der Waals surface area (Å²) < 4.78 is 1.93. The van der Waals surface area contributed by atoms with Crippen molar-refractivity contribution in [3.8, 4) is 11.3 Å². The fourth-order valence-corrected chi connectivity index (χ4v) is 1.39. The fourth-order valence-electron chi connectivity index (χ4n) is 1.39. The van der Waals surface area contributed by atoms with Crippen molar-refractivity contribution in [2.75, 3.05) is 0 Å². The Morgan fingerprint density at radius 3 is 2.60 bits per heavy atom. The molecule has 4 heteroatoms. The van der Waals surface area contributed by atoms with Gasteiger partial charge < -0.3 is 4.57 Å². The van der Waals surface area contributed by atoms with E-state index in [1.165, 1.54) is 6.08 Å². The van der Waals surface area contributed by atoms with E-state index in [-0.39, 0.29) is 0 Å². The van der Waals surface area contributed by atoms with Gasteiger partial charge in [0.1, 0.15) is 0 Å². The van der Waals surface area contributed by atoms with E-state index in [1.807, 2.05) is 23.7 Å². The van der Waals surface area contributed by atoms with Crippen molar-refractivity contribution in [1.29, 1.82) is 0 Å². The van der Waals surface area contributed by atoms with E-state index in [4.69, 9.17) is 0 Å². The summed E-state index contributed by atoms with van der Waals surface area (Å²) in [5.41, 5.74) is 2.67. The number of imidazole rings is 1. The fraction of sp³-hybridized carbons (Fsp3) is 0.0909. The summed E-state index contributed by atoms with van der Waals surface area (Å²) >= 11 is 0. The Bertz CT molecular complexity index is 507. The second kappa shape index (κ2) is 3.90. The van der Waals surface area contributed by atoms with Crippen molar-refractivity contribution in [1.82, 2.24) is 9.55 Å². The molecule has 2 aromatic rings. The molecular weight excluding hydrogens is 190 g/mol. The second-order valence-electron chi connectivity index (χ2n) is 3.14. The third-order valence-corrected chi connectivity index (χ3v) is 2.15. The highest BCUT2D eigenvalue weighted by atomic mass is 16.1. The summed E-state index contributed by atoms with van der Waals surface area (Å²) in [4.78, 5) is 17.6. The minimum atomic E-state index is 0.607. The lowest BCUT2D eigenvalue weighted by Crippen LogP contribution is -1.88. The molecule has 1 heterocycles. The van der Waals surface area contributed by atoms with Gasteiger partial charge in [-0.2, -0.15) is 4.99 Å². The Hall–Kier alpha value is -2.19. The first-order chi connectivity index (χ1) is 7.31. The molecule has 4 nitrogen and oxygen atoms in total. The number of aromatic nitrogens is 2. The van der Waals surface area contributed by atoms with E-state index >= 15 is 0 Å². The molecule has 15 heavy (non-hydrogen) atoms. The molecule has 0 radical (unpaired) electrons. The standard InChI is InChI=1S/C11H9N3O/c1-14-7-12-6-11(14)9-2-4-10(5-3-9)13-8-15/h2-7H,1H3. The molecule has 0 atom stereocenters. The Kier molecular flexibility index (Phi) is 2.44. The molecule has 0 aliphatic carbocycles. The molecule has 0 saturated heterocycles. The third-order valence-electron chi connectivity index (χ3n) is 2.15. The highest BCUT2D eigenvalue weighted by Crippen LogP contribution is 2.21. The van der Waals surface area contributed by atoms with Crippen molar-refractivity contribution < 1.29 is 4.79 Å². The lowest BCUT2D eigenvalue weighted by molar-refractivity contribution is 0.565. The Balaban J connectivity index is 2.40. The summed E-state index contributed by atoms with van der Waals surface area (Å²) in [5, 5.41) is 0. The molecule has 0 fully saturated rings. The quantitative estimate of drug-likeness (QED) is 0.549. The zero-order valence-corrected chi connectivity index (χ0v) is 8.21. The molecular formula is C11H9N3O. The van der Waals surface area contributed by atoms with Crippen molar-refractivity contribution in [3.05, 3.63) is 36.8 Å². The molecule has 0 N–H and O–H groups in total. The van der Waals surface area contributed by atoms with Gasteiger partial charge in [-0.1, -0.05) is 12.1 Å². The van der Waals surface area contributed by atoms with E-state index in [2.05, 4.69) is 9.98 Å². The summed E-state index contributed by atoms with van der Waals surface area (Å²) in [6, 6.07) is 7.33. The van der Waals surface area contributed by atoms with Gasteiger partial charge in [-0.05, 0) is 17.7 Å². The summed E-state index contributed by atoms with van der Waals surface area (Å²) in [7, 11) is 1.93. The van der Waals surface area contributed by atoms with Gasteiger partial charge in [0.2, 0.25) is 6.08 Å². The van der Waals surface area contributed by atoms with Gasteiger partial charge in [0.05, 0.1) is 23.9 Å². The minimum Gasteiger partial charge on any atom is -0.334 e. The average Bonchev–Trinajstić information content (AvgIpc) is 2.66. The van der Waals surface area contributed by atoms with Crippen LogP contribution in [0.4, 0.5) is 5.69 Å². The number of hydrogen-bond donors (Lipinski definition) is 0. The van der Waals surface area contributed by atoms with Crippen LogP contribution in [0.3, 0.4) is 0 Å². The van der Waals surface area contributed by atoms with Crippen LogP contribution in [0.15, 0.2) is 41.8 Å². The molecule has 0 aliphatic rings. The summed E-state index contributed by atoms with van der Waals surface area (Å²) in [6.07, 6.45) is 5.04. The first-order valence-electron chi connectivity index (χ1n) is 4.46. The number of rotatable bonds is 2. The van der Waals surface area contributed by atoms with E-state index < -0.39 is 0 Å². The highest BCUT2D eigenvalue weighted by molar-refractivity contribution is 5.62. The Morgan fingerprint density at radius 1 is 1.33 bits per heavy atom. The summed E-state index contributed by atoms with van der Waals surface area (Å²) in [6.45, 7) is 0. The maximum atomic E-state index is 10.0. The summed E-state index contributed by atoms with van der Waals surface area (Å²) in [5.74, 6) is 0. The van der Waals surface area contributed by atoms with Gasteiger partial charge in [-0.25, -0.2) is 9.78 Å². The lowest BCUT2D eigenvalue weighted by Gasteiger charge is -2.01.